The first-order valence-corrected chi connectivity index (χ1v) is 11.0. The Balaban J connectivity index is 1.38. The van der Waals surface area contributed by atoms with Crippen LogP contribution < -0.4 is 4.74 Å². The van der Waals surface area contributed by atoms with Crippen molar-refractivity contribution in [2.75, 3.05) is 7.11 Å². The Morgan fingerprint density at radius 3 is 2.68 bits per heavy atom. The van der Waals surface area contributed by atoms with E-state index in [1.54, 1.807) is 25.4 Å². The van der Waals surface area contributed by atoms with Crippen molar-refractivity contribution < 1.29 is 9.13 Å². The summed E-state index contributed by atoms with van der Waals surface area (Å²) < 4.78 is 21.5. The third kappa shape index (κ3) is 3.63. The standard InChI is InChI=1S/C24H24ClFN4O/c1-14(30-24(31-2)21-11-17(25)13-28-23(21)29-30)15-3-5-16(6-4-15)19-9-10-27-22-8-7-18(26)12-20(19)22/h7-16H,3-6H2,1-2H3/t14-,15-,16+/m1/s1. The molecular formula is C24H24ClFN4O. The highest BCUT2D eigenvalue weighted by Gasteiger charge is 2.30. The number of ether oxygens (including phenoxy) is 1. The van der Waals surface area contributed by atoms with E-state index in [0.29, 0.717) is 28.4 Å². The van der Waals surface area contributed by atoms with E-state index in [4.69, 9.17) is 21.4 Å². The minimum absolute atomic E-state index is 0.176. The van der Waals surface area contributed by atoms with Gasteiger partial charge in [0.15, 0.2) is 5.65 Å². The smallest absolute Gasteiger partial charge is 0.221 e. The van der Waals surface area contributed by atoms with E-state index in [2.05, 4.69) is 23.0 Å². The molecule has 160 valence electrons. The van der Waals surface area contributed by atoms with Gasteiger partial charge >= 0.3 is 0 Å². The van der Waals surface area contributed by atoms with Gasteiger partial charge in [0, 0.05) is 17.8 Å². The summed E-state index contributed by atoms with van der Waals surface area (Å²) >= 11 is 6.13. The van der Waals surface area contributed by atoms with E-state index in [-0.39, 0.29) is 11.9 Å². The van der Waals surface area contributed by atoms with Crippen LogP contribution in [0.5, 0.6) is 5.88 Å². The number of halogens is 2. The Morgan fingerprint density at radius 1 is 1.10 bits per heavy atom. The summed E-state index contributed by atoms with van der Waals surface area (Å²) in [7, 11) is 1.66. The maximum atomic E-state index is 13.9. The second-order valence-electron chi connectivity index (χ2n) is 8.39. The van der Waals surface area contributed by atoms with Crippen LogP contribution in [0.15, 0.2) is 42.7 Å². The summed E-state index contributed by atoms with van der Waals surface area (Å²) in [6.45, 7) is 2.19. The molecule has 1 fully saturated rings. The Morgan fingerprint density at radius 2 is 1.90 bits per heavy atom. The molecule has 1 atom stereocenters. The first-order chi connectivity index (χ1) is 15.0. The van der Waals surface area contributed by atoms with Gasteiger partial charge in [0.1, 0.15) is 5.82 Å². The molecule has 0 amide bonds. The van der Waals surface area contributed by atoms with Crippen LogP contribution in [0.25, 0.3) is 21.9 Å². The number of nitrogens with zero attached hydrogens (tertiary/aromatic N) is 4. The van der Waals surface area contributed by atoms with Gasteiger partial charge in [0.25, 0.3) is 0 Å². The minimum atomic E-state index is -0.212. The number of rotatable bonds is 4. The highest BCUT2D eigenvalue weighted by Crippen LogP contribution is 2.43. The zero-order valence-corrected chi connectivity index (χ0v) is 18.3. The molecule has 31 heavy (non-hydrogen) atoms. The number of methoxy groups -OCH3 is 1. The van der Waals surface area contributed by atoms with Gasteiger partial charge in [-0.05, 0) is 80.3 Å². The highest BCUT2D eigenvalue weighted by molar-refractivity contribution is 6.31. The molecule has 0 spiro atoms. The van der Waals surface area contributed by atoms with Crippen LogP contribution in [0.1, 0.15) is 50.1 Å². The fourth-order valence-corrected chi connectivity index (χ4v) is 5.19. The predicted molar refractivity (Wildman–Crippen MR) is 120 cm³/mol. The third-order valence-electron chi connectivity index (χ3n) is 6.68. The van der Waals surface area contributed by atoms with Gasteiger partial charge in [-0.15, -0.1) is 5.10 Å². The molecule has 3 aromatic heterocycles. The van der Waals surface area contributed by atoms with Gasteiger partial charge in [-0.1, -0.05) is 11.6 Å². The quantitative estimate of drug-likeness (QED) is 0.374. The third-order valence-corrected chi connectivity index (χ3v) is 6.89. The van der Waals surface area contributed by atoms with Crippen molar-refractivity contribution in [2.24, 2.45) is 5.92 Å². The van der Waals surface area contributed by atoms with Crippen LogP contribution in [0.3, 0.4) is 0 Å². The molecule has 0 unspecified atom stereocenters. The molecule has 3 heterocycles. The zero-order chi connectivity index (χ0) is 21.5. The normalized spacial score (nSPS) is 20.3. The molecule has 5 nitrogen and oxygen atoms in total. The van der Waals surface area contributed by atoms with Gasteiger partial charge in [-0.3, -0.25) is 4.98 Å². The molecule has 1 aliphatic carbocycles. The Hall–Kier alpha value is -2.73. The Labute approximate surface area is 185 Å². The van der Waals surface area contributed by atoms with Crippen molar-refractivity contribution in [1.29, 1.82) is 0 Å². The summed E-state index contributed by atoms with van der Waals surface area (Å²) in [6.07, 6.45) is 7.69. The highest BCUT2D eigenvalue weighted by atomic mass is 35.5. The first-order valence-electron chi connectivity index (χ1n) is 10.7. The van der Waals surface area contributed by atoms with E-state index in [1.807, 2.05) is 16.9 Å². The average Bonchev–Trinajstić information content (AvgIpc) is 3.16. The van der Waals surface area contributed by atoms with Crippen LogP contribution in [-0.2, 0) is 0 Å². The van der Waals surface area contributed by atoms with Crippen molar-refractivity contribution in [2.45, 2.75) is 44.6 Å². The van der Waals surface area contributed by atoms with Crippen LogP contribution in [0, 0.1) is 11.7 Å². The molecule has 4 aromatic rings. The molecule has 5 rings (SSSR count). The van der Waals surface area contributed by atoms with Gasteiger partial charge < -0.3 is 4.74 Å². The van der Waals surface area contributed by atoms with E-state index in [9.17, 15) is 4.39 Å². The van der Waals surface area contributed by atoms with Crippen LogP contribution in [-0.4, -0.2) is 26.9 Å². The number of pyridine rings is 2. The lowest BCUT2D eigenvalue weighted by Gasteiger charge is -2.33. The van der Waals surface area contributed by atoms with E-state index in [0.717, 1.165) is 42.0 Å². The van der Waals surface area contributed by atoms with Crippen molar-refractivity contribution >= 4 is 33.5 Å². The molecule has 0 saturated heterocycles. The van der Waals surface area contributed by atoms with Crippen molar-refractivity contribution in [1.82, 2.24) is 19.7 Å². The second-order valence-corrected chi connectivity index (χ2v) is 8.83. The van der Waals surface area contributed by atoms with Crippen molar-refractivity contribution in [3.05, 3.63) is 59.1 Å². The lowest BCUT2D eigenvalue weighted by molar-refractivity contribution is 0.219. The summed E-state index contributed by atoms with van der Waals surface area (Å²) in [4.78, 5) is 8.74. The van der Waals surface area contributed by atoms with E-state index >= 15 is 0 Å². The van der Waals surface area contributed by atoms with Gasteiger partial charge in [0.2, 0.25) is 5.88 Å². The van der Waals surface area contributed by atoms with E-state index in [1.165, 1.54) is 11.6 Å². The number of aromatic nitrogens is 4. The molecule has 0 radical (unpaired) electrons. The lowest BCUT2D eigenvalue weighted by atomic mass is 9.75. The Kier molecular flexibility index (Phi) is 5.26. The van der Waals surface area contributed by atoms with Crippen molar-refractivity contribution in [3.63, 3.8) is 0 Å². The maximum Gasteiger partial charge on any atom is 0.221 e. The SMILES string of the molecule is COc1c2cc(Cl)cnc2nn1[C@H](C)[C@H]1CC[C@@H](c2ccnc3ccc(F)cc32)CC1. The number of hydrogen-bond acceptors (Lipinski definition) is 4. The Bertz CT molecular complexity index is 1250. The number of fused-ring (bicyclic) bond motifs is 2. The monoisotopic (exact) mass is 438 g/mol. The first kappa shape index (κ1) is 20.2. The molecule has 7 heteroatoms. The summed E-state index contributed by atoms with van der Waals surface area (Å²) in [5.41, 5.74) is 2.71. The molecule has 0 aliphatic heterocycles. The summed E-state index contributed by atoms with van der Waals surface area (Å²) in [5.74, 6) is 1.38. The average molecular weight is 439 g/mol. The van der Waals surface area contributed by atoms with Crippen LogP contribution >= 0.6 is 11.6 Å². The molecule has 0 bridgehead atoms. The summed E-state index contributed by atoms with van der Waals surface area (Å²) in [6, 6.07) is 8.93. The predicted octanol–water partition coefficient (Wildman–Crippen LogP) is 6.32. The fourth-order valence-electron chi connectivity index (χ4n) is 5.03. The van der Waals surface area contributed by atoms with Gasteiger partial charge in [0.05, 0.1) is 29.1 Å². The fraction of sp³-hybridized carbons (Fsp3) is 0.375. The maximum absolute atomic E-state index is 13.9. The zero-order valence-electron chi connectivity index (χ0n) is 17.6. The second kappa shape index (κ2) is 8.08. The van der Waals surface area contributed by atoms with E-state index < -0.39 is 0 Å². The van der Waals surface area contributed by atoms with Crippen molar-refractivity contribution in [3.8, 4) is 5.88 Å². The number of benzene rings is 1. The molecule has 1 saturated carbocycles. The topological polar surface area (TPSA) is 52.8 Å². The molecular weight excluding hydrogens is 415 g/mol. The molecule has 1 aromatic carbocycles. The van der Waals surface area contributed by atoms with Gasteiger partial charge in [-0.2, -0.15) is 0 Å². The molecule has 0 N–H and O–H groups in total. The minimum Gasteiger partial charge on any atom is -0.481 e. The van der Waals surface area contributed by atoms with Crippen LogP contribution in [0.2, 0.25) is 5.02 Å². The number of hydrogen-bond donors (Lipinski definition) is 0. The molecule has 1 aliphatic rings. The lowest BCUT2D eigenvalue weighted by Crippen LogP contribution is -2.23. The summed E-state index contributed by atoms with van der Waals surface area (Å²) in [5, 5.41) is 7.03. The largest absolute Gasteiger partial charge is 0.481 e. The van der Waals surface area contributed by atoms with Gasteiger partial charge in [-0.25, -0.2) is 14.1 Å². The van der Waals surface area contributed by atoms with Crippen LogP contribution in [0.4, 0.5) is 4.39 Å².